The normalized spacial score (nSPS) is 11.0. The van der Waals surface area contributed by atoms with Crippen LogP contribution in [0.3, 0.4) is 0 Å². The molecular formula is C7H15NO2S. The van der Waals surface area contributed by atoms with Crippen molar-refractivity contribution in [3.8, 4) is 6.26 Å². The van der Waals surface area contributed by atoms with Gasteiger partial charge in [0.25, 0.3) is 6.26 Å². The average Bonchev–Trinajstić information content (AvgIpc) is 1.97. The molecule has 0 saturated heterocycles. The lowest BCUT2D eigenvalue weighted by atomic mass is 10.2. The van der Waals surface area contributed by atoms with E-state index in [2.05, 4.69) is 11.7 Å². The predicted molar refractivity (Wildman–Crippen MR) is 47.5 cm³/mol. The second-order valence-electron chi connectivity index (χ2n) is 2.20. The molecule has 1 N–H and O–H groups in total. The van der Waals surface area contributed by atoms with Gasteiger partial charge in [0.15, 0.2) is 0 Å². The molecule has 0 fully saturated rings. The van der Waals surface area contributed by atoms with Gasteiger partial charge in [-0.2, -0.15) is 18.8 Å². The number of nitrogens with zero attached hydrogens (tertiary/aromatic N) is 1. The van der Waals surface area contributed by atoms with Gasteiger partial charge in [-0.05, 0) is 6.42 Å². The maximum absolute atomic E-state index is 9.04. The molecule has 0 spiro atoms. The quantitative estimate of drug-likeness (QED) is 0.641. The Labute approximate surface area is 74.4 Å². The number of hydrogen-bond donors (Lipinski definition) is 1. The molecule has 0 aromatic rings. The number of ether oxygens (including phenoxy) is 1. The molecule has 0 aliphatic heterocycles. The van der Waals surface area contributed by atoms with E-state index in [9.17, 15) is 0 Å². The summed E-state index contributed by atoms with van der Waals surface area (Å²) in [7, 11) is 0. The minimum atomic E-state index is -0.473. The molecule has 0 aliphatic rings. The Hall–Kier alpha value is -0.400. The van der Waals surface area contributed by atoms with Crippen LogP contribution in [0.4, 0.5) is 0 Å². The van der Waals surface area contributed by atoms with Gasteiger partial charge in [-0.25, -0.2) is 0 Å². The first kappa shape index (κ1) is 13.2. The van der Waals surface area contributed by atoms with Gasteiger partial charge in [0.05, 0.1) is 6.10 Å². The van der Waals surface area contributed by atoms with E-state index in [0.29, 0.717) is 0 Å². The molecule has 0 aliphatic carbocycles. The fourth-order valence-corrected chi connectivity index (χ4v) is 0.657. The topological polar surface area (TPSA) is 53.2 Å². The first-order chi connectivity index (χ1) is 4.81. The van der Waals surface area contributed by atoms with Gasteiger partial charge in [0.1, 0.15) is 6.61 Å². The Morgan fingerprint density at radius 1 is 1.64 bits per heavy atom. The van der Waals surface area contributed by atoms with Crippen LogP contribution in [0.5, 0.6) is 0 Å². The molecule has 3 nitrogen and oxygen atoms in total. The highest BCUT2D eigenvalue weighted by molar-refractivity contribution is 7.59. The minimum Gasteiger partial charge on any atom is -0.425 e. The maximum atomic E-state index is 9.04. The van der Waals surface area contributed by atoms with Crippen molar-refractivity contribution in [1.29, 1.82) is 5.26 Å². The molecule has 1 unspecified atom stereocenters. The molecule has 66 valence electrons. The summed E-state index contributed by atoms with van der Waals surface area (Å²) < 4.78 is 4.35. The first-order valence-electron chi connectivity index (χ1n) is 3.50. The minimum absolute atomic E-state index is 0. The van der Waals surface area contributed by atoms with Crippen LogP contribution in [0.15, 0.2) is 0 Å². The molecule has 0 saturated carbocycles. The molecule has 4 heteroatoms. The zero-order chi connectivity index (χ0) is 7.82. The Bertz CT molecular complexity index is 113. The van der Waals surface area contributed by atoms with Crippen molar-refractivity contribution < 1.29 is 9.84 Å². The summed E-state index contributed by atoms with van der Waals surface area (Å²) in [6.07, 6.45) is 3.80. The van der Waals surface area contributed by atoms with Crippen LogP contribution >= 0.6 is 13.5 Å². The van der Waals surface area contributed by atoms with E-state index in [1.165, 1.54) is 6.26 Å². The van der Waals surface area contributed by atoms with E-state index in [1.807, 2.05) is 0 Å². The van der Waals surface area contributed by atoms with Crippen LogP contribution in [0.25, 0.3) is 0 Å². The average molecular weight is 177 g/mol. The van der Waals surface area contributed by atoms with Crippen molar-refractivity contribution >= 4 is 13.5 Å². The summed E-state index contributed by atoms with van der Waals surface area (Å²) in [5, 5.41) is 17.0. The maximum Gasteiger partial charge on any atom is 0.286 e. The monoisotopic (exact) mass is 177 g/mol. The molecule has 11 heavy (non-hydrogen) atoms. The second kappa shape index (κ2) is 9.60. The molecule has 0 aromatic carbocycles. The third kappa shape index (κ3) is 9.60. The van der Waals surface area contributed by atoms with Crippen LogP contribution in [-0.2, 0) is 4.74 Å². The lowest BCUT2D eigenvalue weighted by Gasteiger charge is -2.05. The number of rotatable bonds is 5. The van der Waals surface area contributed by atoms with E-state index in [4.69, 9.17) is 10.4 Å². The van der Waals surface area contributed by atoms with Crippen LogP contribution in [0.2, 0.25) is 0 Å². The van der Waals surface area contributed by atoms with Crippen molar-refractivity contribution in [2.24, 2.45) is 0 Å². The molecule has 1 atom stereocenters. The predicted octanol–water partition coefficient (Wildman–Crippen LogP) is 1.15. The second-order valence-corrected chi connectivity index (χ2v) is 2.20. The van der Waals surface area contributed by atoms with E-state index in [1.54, 1.807) is 0 Å². The van der Waals surface area contributed by atoms with Gasteiger partial charge >= 0.3 is 0 Å². The standard InChI is InChI=1S/C7H13NO2.H2S/c1-2-3-4-7(9)5-10-6-8;/h7,9H,2-5H2,1H3;1H2. The fraction of sp³-hybridized carbons (Fsp3) is 0.857. The third-order valence-corrected chi connectivity index (χ3v) is 1.23. The molecule has 0 radical (unpaired) electrons. The van der Waals surface area contributed by atoms with Crippen LogP contribution in [-0.4, -0.2) is 17.8 Å². The van der Waals surface area contributed by atoms with E-state index in [-0.39, 0.29) is 20.1 Å². The van der Waals surface area contributed by atoms with Gasteiger partial charge in [-0.15, -0.1) is 0 Å². The Balaban J connectivity index is 0. The highest BCUT2D eigenvalue weighted by Gasteiger charge is 2.01. The summed E-state index contributed by atoms with van der Waals surface area (Å²) in [5.41, 5.74) is 0. The number of hydrogen-bond acceptors (Lipinski definition) is 3. The SMILES string of the molecule is CCCCC(O)COC#N.S. The number of aliphatic hydroxyl groups excluding tert-OH is 1. The highest BCUT2D eigenvalue weighted by Crippen LogP contribution is 1.99. The summed E-state index contributed by atoms with van der Waals surface area (Å²) in [6.45, 7) is 2.19. The van der Waals surface area contributed by atoms with Crippen LogP contribution in [0, 0.1) is 11.5 Å². The summed E-state index contributed by atoms with van der Waals surface area (Å²) in [5.74, 6) is 0. The molecule has 0 aromatic heterocycles. The zero-order valence-electron chi connectivity index (χ0n) is 6.71. The van der Waals surface area contributed by atoms with E-state index in [0.717, 1.165) is 19.3 Å². The lowest BCUT2D eigenvalue weighted by molar-refractivity contribution is 0.0829. The van der Waals surface area contributed by atoms with E-state index < -0.39 is 6.10 Å². The third-order valence-electron chi connectivity index (χ3n) is 1.23. The molecule has 0 rings (SSSR count). The van der Waals surface area contributed by atoms with Gasteiger partial charge in [0, 0.05) is 0 Å². The van der Waals surface area contributed by atoms with Gasteiger partial charge < -0.3 is 9.84 Å². The molecule has 0 bridgehead atoms. The lowest BCUT2D eigenvalue weighted by Crippen LogP contribution is -2.12. The van der Waals surface area contributed by atoms with E-state index >= 15 is 0 Å². The molecular weight excluding hydrogens is 162 g/mol. The van der Waals surface area contributed by atoms with Gasteiger partial charge in [0.2, 0.25) is 0 Å². The number of unbranched alkanes of at least 4 members (excludes halogenated alkanes) is 1. The Morgan fingerprint density at radius 2 is 2.27 bits per heavy atom. The number of aliphatic hydroxyl groups is 1. The summed E-state index contributed by atoms with van der Waals surface area (Å²) in [6, 6.07) is 0. The summed E-state index contributed by atoms with van der Waals surface area (Å²) >= 11 is 0. The van der Waals surface area contributed by atoms with Crippen LogP contribution in [0.1, 0.15) is 26.2 Å². The smallest absolute Gasteiger partial charge is 0.286 e. The van der Waals surface area contributed by atoms with Crippen LogP contribution < -0.4 is 0 Å². The molecule has 0 amide bonds. The Kier molecular flexibility index (Phi) is 11.5. The van der Waals surface area contributed by atoms with Crippen molar-refractivity contribution in [2.75, 3.05) is 6.61 Å². The van der Waals surface area contributed by atoms with Gasteiger partial charge in [-0.3, -0.25) is 0 Å². The zero-order valence-corrected chi connectivity index (χ0v) is 7.71. The van der Waals surface area contributed by atoms with Crippen molar-refractivity contribution in [2.45, 2.75) is 32.3 Å². The Morgan fingerprint density at radius 3 is 2.73 bits per heavy atom. The first-order valence-corrected chi connectivity index (χ1v) is 3.50. The van der Waals surface area contributed by atoms with Crippen molar-refractivity contribution in [1.82, 2.24) is 0 Å². The van der Waals surface area contributed by atoms with Crippen molar-refractivity contribution in [3.63, 3.8) is 0 Å². The number of nitriles is 1. The summed E-state index contributed by atoms with van der Waals surface area (Å²) in [4.78, 5) is 0. The molecule has 0 heterocycles. The van der Waals surface area contributed by atoms with Gasteiger partial charge in [-0.1, -0.05) is 19.8 Å². The largest absolute Gasteiger partial charge is 0.425 e. The fourth-order valence-electron chi connectivity index (χ4n) is 0.657. The highest BCUT2D eigenvalue weighted by atomic mass is 32.1. The van der Waals surface area contributed by atoms with Crippen molar-refractivity contribution in [3.05, 3.63) is 0 Å².